The number of hydrogen-bond donors (Lipinski definition) is 1. The van der Waals surface area contributed by atoms with Crippen LogP contribution in [0.15, 0.2) is 60.8 Å². The number of aromatic nitrogens is 1. The number of amides is 1. The van der Waals surface area contributed by atoms with Gasteiger partial charge in [0.25, 0.3) is 5.91 Å². The van der Waals surface area contributed by atoms with E-state index in [1.165, 1.54) is 5.56 Å². The molecule has 1 amide bonds. The van der Waals surface area contributed by atoms with Gasteiger partial charge in [-0.15, -0.1) is 0 Å². The molecule has 9 heteroatoms. The third-order valence-electron chi connectivity index (χ3n) is 7.87. The molecule has 0 unspecified atom stereocenters. The number of ether oxygens (including phenoxy) is 3. The number of aliphatic hydroxyl groups is 1. The number of nitrogens with zero attached hydrogens (tertiary/aromatic N) is 3. The van der Waals surface area contributed by atoms with Crippen LogP contribution in [0, 0.1) is 0 Å². The molecule has 3 heterocycles. The first-order valence-electron chi connectivity index (χ1n) is 14.2. The Morgan fingerprint density at radius 2 is 1.80 bits per heavy atom. The molecule has 218 valence electrons. The van der Waals surface area contributed by atoms with Crippen LogP contribution in [0.1, 0.15) is 46.4 Å². The Morgan fingerprint density at radius 1 is 1.02 bits per heavy atom. The molecule has 2 aliphatic heterocycles. The number of carbonyl (C=O) groups excluding carboxylic acids is 1. The molecule has 5 rings (SSSR count). The van der Waals surface area contributed by atoms with Crippen LogP contribution in [0.3, 0.4) is 0 Å². The molecule has 8 nitrogen and oxygen atoms in total. The number of methoxy groups -OCH3 is 1. The highest BCUT2D eigenvalue weighted by molar-refractivity contribution is 5.93. The van der Waals surface area contributed by atoms with Crippen LogP contribution in [0.4, 0.5) is 4.39 Å². The molecule has 2 atom stereocenters. The van der Waals surface area contributed by atoms with E-state index in [4.69, 9.17) is 14.2 Å². The van der Waals surface area contributed by atoms with E-state index in [0.29, 0.717) is 68.8 Å². The van der Waals surface area contributed by atoms with Crippen molar-refractivity contribution in [2.75, 3.05) is 46.4 Å². The van der Waals surface area contributed by atoms with Crippen LogP contribution in [-0.4, -0.2) is 84.5 Å². The van der Waals surface area contributed by atoms with Crippen LogP contribution in [0.25, 0.3) is 0 Å². The summed E-state index contributed by atoms with van der Waals surface area (Å²) in [4.78, 5) is 21.0. The summed E-state index contributed by atoms with van der Waals surface area (Å²) >= 11 is 0. The number of aryl methyl sites for hydroxylation is 1. The smallest absolute Gasteiger partial charge is 0.272 e. The Labute approximate surface area is 240 Å². The van der Waals surface area contributed by atoms with Gasteiger partial charge >= 0.3 is 0 Å². The molecular formula is C32H38FN3O5. The van der Waals surface area contributed by atoms with Gasteiger partial charge in [0.2, 0.25) is 0 Å². The minimum atomic E-state index is -1.23. The lowest BCUT2D eigenvalue weighted by molar-refractivity contribution is 0.00323. The topological polar surface area (TPSA) is 84.4 Å². The van der Waals surface area contributed by atoms with Crippen LogP contribution in [0.5, 0.6) is 17.2 Å². The fourth-order valence-corrected chi connectivity index (χ4v) is 5.18. The minimum absolute atomic E-state index is 0.141. The molecule has 3 aromatic rings. The number of rotatable bonds is 11. The van der Waals surface area contributed by atoms with Crippen molar-refractivity contribution in [3.8, 4) is 17.2 Å². The van der Waals surface area contributed by atoms with Crippen molar-refractivity contribution in [1.82, 2.24) is 14.8 Å². The van der Waals surface area contributed by atoms with Crippen molar-refractivity contribution in [3.05, 3.63) is 83.2 Å². The molecule has 2 aliphatic rings. The van der Waals surface area contributed by atoms with Gasteiger partial charge in [0, 0.05) is 50.9 Å². The monoisotopic (exact) mass is 563 g/mol. The van der Waals surface area contributed by atoms with Crippen molar-refractivity contribution in [3.63, 3.8) is 0 Å². The normalized spacial score (nSPS) is 19.5. The molecule has 0 saturated carbocycles. The first-order chi connectivity index (χ1) is 19.9. The number of aliphatic hydroxyl groups excluding tert-OH is 1. The predicted octanol–water partition coefficient (Wildman–Crippen LogP) is 4.25. The largest absolute Gasteiger partial charge is 0.493 e. The maximum absolute atomic E-state index is 13.7. The van der Waals surface area contributed by atoms with Crippen molar-refractivity contribution in [2.45, 2.75) is 44.6 Å². The number of carbonyl (C=O) groups is 1. The van der Waals surface area contributed by atoms with Crippen LogP contribution < -0.4 is 14.2 Å². The molecule has 41 heavy (non-hydrogen) atoms. The van der Waals surface area contributed by atoms with Gasteiger partial charge in [0.1, 0.15) is 30.8 Å². The zero-order valence-corrected chi connectivity index (χ0v) is 23.7. The van der Waals surface area contributed by atoms with E-state index in [2.05, 4.69) is 36.2 Å². The van der Waals surface area contributed by atoms with E-state index in [9.17, 15) is 14.3 Å². The van der Waals surface area contributed by atoms with Gasteiger partial charge in [-0.2, -0.15) is 0 Å². The zero-order valence-electron chi connectivity index (χ0n) is 23.7. The predicted molar refractivity (Wildman–Crippen MR) is 153 cm³/mol. The van der Waals surface area contributed by atoms with Gasteiger partial charge < -0.3 is 24.2 Å². The maximum atomic E-state index is 13.7. The molecule has 1 aromatic heterocycles. The second-order valence-corrected chi connectivity index (χ2v) is 10.7. The Bertz CT molecular complexity index is 1310. The van der Waals surface area contributed by atoms with E-state index < -0.39 is 12.3 Å². The molecule has 0 radical (unpaired) electrons. The summed E-state index contributed by atoms with van der Waals surface area (Å²) in [6.45, 7) is 5.52. The number of benzene rings is 2. The Morgan fingerprint density at radius 3 is 2.54 bits per heavy atom. The van der Waals surface area contributed by atoms with Crippen molar-refractivity contribution in [1.29, 1.82) is 0 Å². The minimum Gasteiger partial charge on any atom is -0.493 e. The maximum Gasteiger partial charge on any atom is 0.272 e. The third kappa shape index (κ3) is 7.15. The van der Waals surface area contributed by atoms with Crippen LogP contribution in [0.2, 0.25) is 0 Å². The number of likely N-dealkylation sites (tertiary alicyclic amines) is 2. The highest BCUT2D eigenvalue weighted by atomic mass is 19.1. The van der Waals surface area contributed by atoms with Crippen LogP contribution in [-0.2, 0) is 13.0 Å². The summed E-state index contributed by atoms with van der Waals surface area (Å²) in [5.74, 6) is 1.97. The number of halogens is 1. The summed E-state index contributed by atoms with van der Waals surface area (Å²) in [6, 6.07) is 17.7. The Kier molecular flexibility index (Phi) is 9.36. The van der Waals surface area contributed by atoms with Gasteiger partial charge in [-0.3, -0.25) is 14.7 Å². The van der Waals surface area contributed by atoms with E-state index in [1.807, 2.05) is 23.1 Å². The zero-order chi connectivity index (χ0) is 28.8. The lowest BCUT2D eigenvalue weighted by Crippen LogP contribution is -2.48. The third-order valence-corrected chi connectivity index (χ3v) is 7.87. The fraction of sp³-hybridized carbons (Fsp3) is 0.438. The molecule has 0 spiro atoms. The van der Waals surface area contributed by atoms with E-state index in [-0.39, 0.29) is 18.4 Å². The summed E-state index contributed by atoms with van der Waals surface area (Å²) in [7, 11) is 1.63. The van der Waals surface area contributed by atoms with Gasteiger partial charge in [-0.05, 0) is 47.7 Å². The SMILES string of the molecule is CCc1ccc(COc2ccc(C3CN(C(=O)c4cc(OCCN5CC[C@@H](O)[C@@H](F)C5)ccn4)C3)cc2OC)cc1. The number of piperidine rings is 1. The molecule has 0 aliphatic carbocycles. The van der Waals surface area contributed by atoms with Crippen molar-refractivity contribution in [2.24, 2.45) is 0 Å². The average molecular weight is 564 g/mol. The quantitative estimate of drug-likeness (QED) is 0.373. The number of hydrogen-bond acceptors (Lipinski definition) is 7. The first kappa shape index (κ1) is 28.8. The number of alkyl halides is 1. The molecular weight excluding hydrogens is 525 g/mol. The molecule has 1 N–H and O–H groups in total. The highest BCUT2D eigenvalue weighted by Gasteiger charge is 2.33. The van der Waals surface area contributed by atoms with Gasteiger partial charge in [-0.25, -0.2) is 4.39 Å². The second kappa shape index (κ2) is 13.3. The number of pyridine rings is 1. The summed E-state index contributed by atoms with van der Waals surface area (Å²) < 4.78 is 31.2. The van der Waals surface area contributed by atoms with Crippen molar-refractivity contribution < 1.29 is 28.5 Å². The fourth-order valence-electron chi connectivity index (χ4n) is 5.18. The summed E-state index contributed by atoms with van der Waals surface area (Å²) in [5, 5.41) is 9.55. The van der Waals surface area contributed by atoms with E-state index >= 15 is 0 Å². The van der Waals surface area contributed by atoms with E-state index in [0.717, 1.165) is 17.5 Å². The van der Waals surface area contributed by atoms with E-state index in [1.54, 1.807) is 30.3 Å². The molecule has 2 aromatic carbocycles. The lowest BCUT2D eigenvalue weighted by atomic mass is 9.91. The second-order valence-electron chi connectivity index (χ2n) is 10.7. The average Bonchev–Trinajstić information content (AvgIpc) is 2.97. The lowest BCUT2D eigenvalue weighted by Gasteiger charge is -2.39. The summed E-state index contributed by atoms with van der Waals surface area (Å²) in [5.41, 5.74) is 3.82. The van der Waals surface area contributed by atoms with Gasteiger partial charge in [-0.1, -0.05) is 37.3 Å². The van der Waals surface area contributed by atoms with Crippen molar-refractivity contribution >= 4 is 5.91 Å². The Hall–Kier alpha value is -3.69. The summed E-state index contributed by atoms with van der Waals surface area (Å²) in [6.07, 6.45) is 0.891. The van der Waals surface area contributed by atoms with Crippen LogP contribution >= 0.6 is 0 Å². The molecule has 0 bridgehead atoms. The first-order valence-corrected chi connectivity index (χ1v) is 14.2. The van der Waals surface area contributed by atoms with Gasteiger partial charge in [0.05, 0.1) is 13.2 Å². The molecule has 2 saturated heterocycles. The molecule has 2 fully saturated rings. The standard InChI is InChI=1S/C32H38FN3O5/c1-3-22-4-6-23(7-5-22)21-41-30-9-8-24(16-31(30)39-2)25-18-36(19-25)32(38)28-17-26(10-12-34-28)40-15-14-35-13-11-29(37)27(33)20-35/h4-10,12,16-17,25,27,29,37H,3,11,13-15,18-21H2,1-2H3/t27-,29+/m0/s1. The highest BCUT2D eigenvalue weighted by Crippen LogP contribution is 2.35. The van der Waals surface area contributed by atoms with Gasteiger partial charge in [0.15, 0.2) is 11.5 Å². The Balaban J connectivity index is 1.11.